The predicted molar refractivity (Wildman–Crippen MR) is 93.1 cm³/mol. The Morgan fingerprint density at radius 1 is 1.24 bits per heavy atom. The molecule has 0 aromatic heterocycles. The molecular weight excluding hydrogens is 340 g/mol. The fraction of sp³-hybridized carbons (Fsp3) is 0.111. The van der Waals surface area contributed by atoms with Gasteiger partial charge in [0.15, 0.2) is 0 Å². The monoisotopic (exact) mass is 356 g/mol. The number of benzene rings is 2. The number of rotatable bonds is 6. The van der Waals surface area contributed by atoms with Gasteiger partial charge in [0, 0.05) is 6.08 Å². The van der Waals surface area contributed by atoms with E-state index in [2.05, 4.69) is 0 Å². The van der Waals surface area contributed by atoms with Gasteiger partial charge in [-0.25, -0.2) is 13.1 Å². The smallest absolute Gasteiger partial charge is 0.264 e. The maximum atomic E-state index is 12.2. The summed E-state index contributed by atoms with van der Waals surface area (Å²) in [5, 5.41) is 8.83. The van der Waals surface area contributed by atoms with Crippen LogP contribution in [-0.2, 0) is 14.8 Å². The molecule has 2 rings (SSSR count). The van der Waals surface area contributed by atoms with Gasteiger partial charge in [-0.05, 0) is 55.0 Å². The molecule has 0 unspecified atom stereocenters. The third-order valence-electron chi connectivity index (χ3n) is 3.12. The van der Waals surface area contributed by atoms with Gasteiger partial charge in [0.2, 0.25) is 0 Å². The maximum Gasteiger partial charge on any atom is 0.264 e. The van der Waals surface area contributed by atoms with Gasteiger partial charge in [0.1, 0.15) is 5.75 Å². The Kier molecular flexibility index (Phi) is 5.93. The second-order valence-electron chi connectivity index (χ2n) is 4.94. The highest BCUT2D eigenvalue weighted by Gasteiger charge is 2.16. The lowest BCUT2D eigenvalue weighted by molar-refractivity contribution is -0.114. The van der Waals surface area contributed by atoms with Crippen LogP contribution in [0.1, 0.15) is 18.1 Å². The molecule has 0 aliphatic rings. The zero-order chi connectivity index (χ0) is 18.3. The highest BCUT2D eigenvalue weighted by Crippen LogP contribution is 2.16. The number of sulfonamides is 1. The largest absolute Gasteiger partial charge is 0.494 e. The van der Waals surface area contributed by atoms with Crippen molar-refractivity contribution in [3.8, 4) is 11.8 Å². The molecule has 0 fully saturated rings. The number of amides is 1. The van der Waals surface area contributed by atoms with Crippen LogP contribution in [0.2, 0.25) is 0 Å². The third-order valence-corrected chi connectivity index (χ3v) is 4.49. The minimum absolute atomic E-state index is 0.0378. The highest BCUT2D eigenvalue weighted by molar-refractivity contribution is 7.90. The van der Waals surface area contributed by atoms with Crippen molar-refractivity contribution in [2.45, 2.75) is 11.8 Å². The molecule has 0 saturated carbocycles. The summed E-state index contributed by atoms with van der Waals surface area (Å²) in [5.41, 5.74) is 1.07. The second kappa shape index (κ2) is 8.13. The zero-order valence-corrected chi connectivity index (χ0v) is 14.3. The summed E-state index contributed by atoms with van der Waals surface area (Å²) in [7, 11) is -3.97. The molecule has 0 spiro atoms. The first-order chi connectivity index (χ1) is 11.9. The SMILES string of the molecule is CCOc1ccc(S(=O)(=O)NC(=O)/C=C/c2cccc(C#N)c2)cc1. The number of hydrogen-bond donors (Lipinski definition) is 1. The van der Waals surface area contributed by atoms with Gasteiger partial charge >= 0.3 is 0 Å². The van der Waals surface area contributed by atoms with Gasteiger partial charge in [-0.1, -0.05) is 12.1 Å². The van der Waals surface area contributed by atoms with Crippen LogP contribution in [0.4, 0.5) is 0 Å². The Bertz CT molecular complexity index is 926. The van der Waals surface area contributed by atoms with E-state index in [0.717, 1.165) is 6.08 Å². The second-order valence-corrected chi connectivity index (χ2v) is 6.63. The van der Waals surface area contributed by atoms with Crippen molar-refractivity contribution in [1.29, 1.82) is 5.26 Å². The molecule has 2 aromatic rings. The van der Waals surface area contributed by atoms with Crippen molar-refractivity contribution in [1.82, 2.24) is 4.72 Å². The van der Waals surface area contributed by atoms with E-state index in [0.29, 0.717) is 23.5 Å². The molecule has 0 atom stereocenters. The number of carbonyl (C=O) groups is 1. The standard InChI is InChI=1S/C18H16N2O4S/c1-2-24-16-7-9-17(10-8-16)25(22,23)20-18(21)11-6-14-4-3-5-15(12-14)13-19/h3-12H,2H2,1H3,(H,20,21)/b11-6+. The van der Waals surface area contributed by atoms with E-state index < -0.39 is 15.9 Å². The van der Waals surface area contributed by atoms with Gasteiger partial charge < -0.3 is 4.74 Å². The molecule has 0 saturated heterocycles. The first-order valence-corrected chi connectivity index (χ1v) is 8.91. The number of hydrogen-bond acceptors (Lipinski definition) is 5. The average molecular weight is 356 g/mol. The van der Waals surface area contributed by atoms with Crippen molar-refractivity contribution in [3.05, 3.63) is 65.7 Å². The molecule has 0 radical (unpaired) electrons. The third kappa shape index (κ3) is 5.19. The number of nitriles is 1. The van der Waals surface area contributed by atoms with Gasteiger partial charge in [0.05, 0.1) is 23.1 Å². The first kappa shape index (κ1) is 18.2. The number of nitrogens with zero attached hydrogens (tertiary/aromatic N) is 1. The summed E-state index contributed by atoms with van der Waals surface area (Å²) in [6.45, 7) is 2.30. The Hall–Kier alpha value is -3.11. The minimum Gasteiger partial charge on any atom is -0.494 e. The van der Waals surface area contributed by atoms with Crippen LogP contribution >= 0.6 is 0 Å². The lowest BCUT2D eigenvalue weighted by Gasteiger charge is -2.06. The maximum absolute atomic E-state index is 12.2. The van der Waals surface area contributed by atoms with Crippen LogP contribution in [0.15, 0.2) is 59.5 Å². The van der Waals surface area contributed by atoms with E-state index in [9.17, 15) is 13.2 Å². The summed E-state index contributed by atoms with van der Waals surface area (Å²) < 4.78 is 31.6. The molecule has 1 amide bonds. The van der Waals surface area contributed by atoms with Crippen molar-refractivity contribution >= 4 is 22.0 Å². The summed E-state index contributed by atoms with van der Waals surface area (Å²) in [6, 6.07) is 14.3. The minimum atomic E-state index is -3.97. The molecule has 1 N–H and O–H groups in total. The van der Waals surface area contributed by atoms with Gasteiger partial charge in [-0.2, -0.15) is 5.26 Å². The van der Waals surface area contributed by atoms with E-state index >= 15 is 0 Å². The summed E-state index contributed by atoms with van der Waals surface area (Å²) >= 11 is 0. The van der Waals surface area contributed by atoms with E-state index in [1.54, 1.807) is 24.3 Å². The fourth-order valence-electron chi connectivity index (χ4n) is 1.99. The molecular formula is C18H16N2O4S. The lowest BCUT2D eigenvalue weighted by Crippen LogP contribution is -2.28. The Morgan fingerprint density at radius 2 is 1.96 bits per heavy atom. The molecule has 0 aliphatic heterocycles. The van der Waals surface area contributed by atoms with Crippen molar-refractivity contribution in [2.75, 3.05) is 6.61 Å². The Morgan fingerprint density at radius 3 is 2.60 bits per heavy atom. The summed E-state index contributed by atoms with van der Waals surface area (Å²) in [6.07, 6.45) is 2.53. The molecule has 2 aromatic carbocycles. The molecule has 7 heteroatoms. The normalized spacial score (nSPS) is 11.0. The van der Waals surface area contributed by atoms with Gasteiger partial charge in [-0.3, -0.25) is 4.79 Å². The molecule has 0 heterocycles. The van der Waals surface area contributed by atoms with Crippen molar-refractivity contribution in [3.63, 3.8) is 0 Å². The first-order valence-electron chi connectivity index (χ1n) is 7.42. The number of nitrogens with one attached hydrogen (secondary N) is 1. The Balaban J connectivity index is 2.07. The summed E-state index contributed by atoms with van der Waals surface area (Å²) in [4.78, 5) is 11.8. The highest BCUT2D eigenvalue weighted by atomic mass is 32.2. The molecule has 25 heavy (non-hydrogen) atoms. The summed E-state index contributed by atoms with van der Waals surface area (Å²) in [5.74, 6) is -0.235. The lowest BCUT2D eigenvalue weighted by atomic mass is 10.1. The van der Waals surface area contributed by atoms with Gasteiger partial charge in [-0.15, -0.1) is 0 Å². The average Bonchev–Trinajstić information content (AvgIpc) is 2.60. The van der Waals surface area contributed by atoms with Crippen LogP contribution in [0, 0.1) is 11.3 Å². The molecule has 128 valence electrons. The van der Waals surface area contributed by atoms with Gasteiger partial charge in [0.25, 0.3) is 15.9 Å². The van der Waals surface area contributed by atoms with Crippen LogP contribution in [0.25, 0.3) is 6.08 Å². The van der Waals surface area contributed by atoms with Crippen LogP contribution < -0.4 is 9.46 Å². The van der Waals surface area contributed by atoms with E-state index in [4.69, 9.17) is 10.00 Å². The van der Waals surface area contributed by atoms with Crippen LogP contribution in [0.3, 0.4) is 0 Å². The van der Waals surface area contributed by atoms with Crippen molar-refractivity contribution in [2.24, 2.45) is 0 Å². The van der Waals surface area contributed by atoms with E-state index in [1.165, 1.54) is 30.3 Å². The number of carbonyl (C=O) groups excluding carboxylic acids is 1. The zero-order valence-electron chi connectivity index (χ0n) is 13.5. The molecule has 0 bridgehead atoms. The van der Waals surface area contributed by atoms with E-state index in [-0.39, 0.29) is 4.90 Å². The van der Waals surface area contributed by atoms with Crippen LogP contribution in [-0.4, -0.2) is 20.9 Å². The number of ether oxygens (including phenoxy) is 1. The molecule has 6 nitrogen and oxygen atoms in total. The topological polar surface area (TPSA) is 96.3 Å². The quantitative estimate of drug-likeness (QED) is 0.802. The Labute approximate surface area is 146 Å². The fourth-order valence-corrected chi connectivity index (χ4v) is 2.94. The van der Waals surface area contributed by atoms with Crippen molar-refractivity contribution < 1.29 is 17.9 Å². The van der Waals surface area contributed by atoms with E-state index in [1.807, 2.05) is 17.7 Å². The molecule has 0 aliphatic carbocycles. The predicted octanol–water partition coefficient (Wildman–Crippen LogP) is 2.48. The van der Waals surface area contributed by atoms with Crippen LogP contribution in [0.5, 0.6) is 5.75 Å².